The van der Waals surface area contributed by atoms with Crippen LogP contribution in [0.15, 0.2) is 24.3 Å². The molecule has 0 aliphatic heterocycles. The molecule has 18 heavy (non-hydrogen) atoms. The number of rotatable bonds is 5. The van der Waals surface area contributed by atoms with E-state index in [1.807, 2.05) is 0 Å². The van der Waals surface area contributed by atoms with E-state index in [0.717, 1.165) is 17.4 Å². The lowest BCUT2D eigenvalue weighted by Crippen LogP contribution is -2.13. The van der Waals surface area contributed by atoms with Gasteiger partial charge in [-0.15, -0.1) is 0 Å². The topological polar surface area (TPSA) is 0 Å². The van der Waals surface area contributed by atoms with Crippen molar-refractivity contribution in [2.45, 2.75) is 64.2 Å². The first-order valence-electron chi connectivity index (χ1n) is 7.71. The van der Waals surface area contributed by atoms with Crippen molar-refractivity contribution in [3.63, 3.8) is 0 Å². The van der Waals surface area contributed by atoms with E-state index in [1.54, 1.807) is 0 Å². The highest BCUT2D eigenvalue weighted by Crippen LogP contribution is 2.37. The molecule has 0 spiro atoms. The predicted molar refractivity (Wildman–Crippen MR) is 79.7 cm³/mol. The lowest BCUT2D eigenvalue weighted by atomic mass is 9.77. The Labute approximate surface area is 113 Å². The molecule has 99 valence electrons. The van der Waals surface area contributed by atoms with Crippen molar-refractivity contribution >= 4 is 0 Å². The van der Waals surface area contributed by atoms with Crippen LogP contribution in [0, 0.1) is 12.8 Å². The summed E-state index contributed by atoms with van der Waals surface area (Å²) in [6, 6.07) is 8.88. The lowest BCUT2D eigenvalue weighted by molar-refractivity contribution is 0.303. The van der Waals surface area contributed by atoms with Crippen LogP contribution in [-0.2, 0) is 0 Å². The molecule has 0 amide bonds. The summed E-state index contributed by atoms with van der Waals surface area (Å²) in [5.41, 5.74) is 2.67. The highest BCUT2D eigenvalue weighted by molar-refractivity contribution is 5.27. The van der Waals surface area contributed by atoms with Crippen LogP contribution in [0.3, 0.4) is 0 Å². The Balaban J connectivity index is 1.77. The van der Waals surface area contributed by atoms with Gasteiger partial charge >= 0.3 is 0 Å². The third-order valence-corrected chi connectivity index (χ3v) is 4.51. The molecule has 0 heteroatoms. The van der Waals surface area contributed by atoms with E-state index < -0.39 is 0 Å². The molecule has 1 aliphatic carbocycles. The van der Waals surface area contributed by atoms with Gasteiger partial charge in [-0.3, -0.25) is 0 Å². The first kappa shape index (κ1) is 13.6. The molecule has 1 aromatic rings. The lowest BCUT2D eigenvalue weighted by Gasteiger charge is -2.29. The molecule has 2 rings (SSSR count). The van der Waals surface area contributed by atoms with Crippen molar-refractivity contribution < 1.29 is 0 Å². The zero-order valence-electron chi connectivity index (χ0n) is 11.8. The average Bonchev–Trinajstić information content (AvgIpc) is 2.41. The van der Waals surface area contributed by atoms with Gasteiger partial charge in [-0.05, 0) is 55.6 Å². The van der Waals surface area contributed by atoms with E-state index in [2.05, 4.69) is 38.1 Å². The summed E-state index contributed by atoms with van der Waals surface area (Å²) in [5, 5.41) is 0. The number of benzene rings is 1. The zero-order valence-corrected chi connectivity index (χ0v) is 11.8. The molecule has 0 saturated heterocycles. The van der Waals surface area contributed by atoms with Crippen LogP contribution in [0.4, 0.5) is 0 Å². The van der Waals surface area contributed by atoms with Crippen LogP contribution >= 0.6 is 0 Å². The summed E-state index contributed by atoms with van der Waals surface area (Å²) >= 11 is 0. The van der Waals surface area contributed by atoms with Crippen molar-refractivity contribution in [3.8, 4) is 0 Å². The fourth-order valence-electron chi connectivity index (χ4n) is 3.26. The summed E-state index contributed by atoms with van der Waals surface area (Å²) in [7, 11) is 0. The Bertz CT molecular complexity index is 328. The quantitative estimate of drug-likeness (QED) is 0.580. The van der Waals surface area contributed by atoms with E-state index in [4.69, 9.17) is 0 Å². The van der Waals surface area contributed by atoms with Gasteiger partial charge in [0.05, 0.1) is 0 Å². The Morgan fingerprint density at radius 1 is 1.00 bits per heavy atom. The van der Waals surface area contributed by atoms with Crippen LogP contribution < -0.4 is 0 Å². The molecule has 1 saturated carbocycles. The fraction of sp³-hybridized carbons (Fsp3) is 0.611. The minimum atomic E-state index is 0.813. The summed E-state index contributed by atoms with van der Waals surface area (Å²) in [6.45, 7) is 6.26. The first-order chi connectivity index (χ1) is 8.79. The van der Waals surface area contributed by atoms with Crippen LogP contribution in [0.25, 0.3) is 0 Å². The standard InChI is InChI=1S/C18H27/c1-3-4-5-6-16-9-13-18(14-10-16)17-11-7-15(2)8-12-17/h7-8,11-12,16,18H,2-6,9-10,13-14H2,1H3. The highest BCUT2D eigenvalue weighted by atomic mass is 14.3. The van der Waals surface area contributed by atoms with Crippen molar-refractivity contribution in [1.29, 1.82) is 0 Å². The molecule has 1 aliphatic rings. The highest BCUT2D eigenvalue weighted by Gasteiger charge is 2.21. The minimum absolute atomic E-state index is 0.813. The Hall–Kier alpha value is -0.780. The third kappa shape index (κ3) is 3.86. The van der Waals surface area contributed by atoms with Crippen LogP contribution in [0.2, 0.25) is 0 Å². The summed E-state index contributed by atoms with van der Waals surface area (Å²) in [6.07, 6.45) is 11.4. The number of hydrogen-bond donors (Lipinski definition) is 0. The summed E-state index contributed by atoms with van der Waals surface area (Å²) < 4.78 is 0. The van der Waals surface area contributed by atoms with Crippen molar-refractivity contribution in [3.05, 3.63) is 42.3 Å². The van der Waals surface area contributed by atoms with E-state index >= 15 is 0 Å². The van der Waals surface area contributed by atoms with Crippen molar-refractivity contribution in [2.24, 2.45) is 5.92 Å². The van der Waals surface area contributed by atoms with E-state index in [0.29, 0.717) is 0 Å². The van der Waals surface area contributed by atoms with E-state index in [9.17, 15) is 0 Å². The van der Waals surface area contributed by atoms with Crippen molar-refractivity contribution in [1.82, 2.24) is 0 Å². The maximum Gasteiger partial charge on any atom is -0.0162 e. The maximum absolute atomic E-state index is 3.96. The fourth-order valence-corrected chi connectivity index (χ4v) is 3.26. The Morgan fingerprint density at radius 3 is 2.28 bits per heavy atom. The SMILES string of the molecule is [CH2]c1ccc(C2CCC(CCCCC)CC2)cc1. The zero-order chi connectivity index (χ0) is 12.8. The van der Waals surface area contributed by atoms with Gasteiger partial charge in [0.25, 0.3) is 0 Å². The molecule has 1 aromatic carbocycles. The van der Waals surface area contributed by atoms with Crippen molar-refractivity contribution in [2.75, 3.05) is 0 Å². The number of unbranched alkanes of at least 4 members (excludes halogenated alkanes) is 2. The van der Waals surface area contributed by atoms with Gasteiger partial charge in [-0.2, -0.15) is 0 Å². The Kier molecular flexibility index (Phi) is 5.28. The van der Waals surface area contributed by atoms with Gasteiger partial charge in [0.1, 0.15) is 0 Å². The van der Waals surface area contributed by atoms with Gasteiger partial charge in [0.15, 0.2) is 0 Å². The first-order valence-corrected chi connectivity index (χ1v) is 7.71. The molecule has 1 fully saturated rings. The molecule has 0 aromatic heterocycles. The second-order valence-electron chi connectivity index (χ2n) is 5.96. The Morgan fingerprint density at radius 2 is 1.67 bits per heavy atom. The van der Waals surface area contributed by atoms with Gasteiger partial charge < -0.3 is 0 Å². The van der Waals surface area contributed by atoms with Crippen LogP contribution in [0.5, 0.6) is 0 Å². The summed E-state index contributed by atoms with van der Waals surface area (Å²) in [5.74, 6) is 1.83. The maximum atomic E-state index is 3.96. The van der Waals surface area contributed by atoms with Crippen LogP contribution in [-0.4, -0.2) is 0 Å². The summed E-state index contributed by atoms with van der Waals surface area (Å²) in [4.78, 5) is 0. The second-order valence-corrected chi connectivity index (χ2v) is 5.96. The normalized spacial score (nSPS) is 24.1. The molecular formula is C18H27. The molecule has 0 nitrogen and oxygen atoms in total. The second kappa shape index (κ2) is 6.97. The average molecular weight is 243 g/mol. The molecular weight excluding hydrogens is 216 g/mol. The van der Waals surface area contributed by atoms with Crippen LogP contribution in [0.1, 0.15) is 75.3 Å². The predicted octanol–water partition coefficient (Wildman–Crippen LogP) is 5.72. The molecule has 1 radical (unpaired) electrons. The monoisotopic (exact) mass is 243 g/mol. The van der Waals surface area contributed by atoms with Gasteiger partial charge in [-0.25, -0.2) is 0 Å². The molecule has 0 unspecified atom stereocenters. The smallest absolute Gasteiger partial charge is 0.0162 e. The van der Waals surface area contributed by atoms with Gasteiger partial charge in [-0.1, -0.05) is 56.9 Å². The van der Waals surface area contributed by atoms with E-state index in [1.165, 1.54) is 56.9 Å². The largest absolute Gasteiger partial charge is 0.0654 e. The minimum Gasteiger partial charge on any atom is -0.0654 e. The van der Waals surface area contributed by atoms with Gasteiger partial charge in [0.2, 0.25) is 0 Å². The molecule has 0 N–H and O–H groups in total. The number of hydrogen-bond acceptors (Lipinski definition) is 0. The molecule has 0 bridgehead atoms. The molecule has 0 atom stereocenters. The third-order valence-electron chi connectivity index (χ3n) is 4.51. The van der Waals surface area contributed by atoms with E-state index in [-0.39, 0.29) is 0 Å². The van der Waals surface area contributed by atoms with Gasteiger partial charge in [0, 0.05) is 0 Å². The molecule has 0 heterocycles.